The zero-order chi connectivity index (χ0) is 16.3. The molecule has 1 aromatic rings. The number of benzene rings is 1. The van der Waals surface area contributed by atoms with Crippen LogP contribution in [0.15, 0.2) is 6.07 Å². The van der Waals surface area contributed by atoms with Crippen LogP contribution in [0.2, 0.25) is 10.0 Å². The van der Waals surface area contributed by atoms with Gasteiger partial charge >= 0.3 is 5.69 Å². The molecule has 0 bridgehead atoms. The maximum Gasteiger partial charge on any atom is 0.314 e. The van der Waals surface area contributed by atoms with Crippen molar-refractivity contribution >= 4 is 40.5 Å². The maximum absolute atomic E-state index is 12.0. The first kappa shape index (κ1) is 16.6. The molecule has 0 radical (unpaired) electrons. The van der Waals surface area contributed by atoms with Gasteiger partial charge in [-0.2, -0.15) is 5.26 Å². The Bertz CT molecular complexity index is 685. The van der Waals surface area contributed by atoms with Crippen molar-refractivity contribution in [3.8, 4) is 6.07 Å². The molecule has 0 saturated heterocycles. The molecule has 1 rings (SSSR count). The minimum absolute atomic E-state index is 0.320. The Morgan fingerprint density at radius 1 is 1.33 bits per heavy atom. The molecule has 0 aliphatic heterocycles. The first-order chi connectivity index (χ1) is 9.72. The van der Waals surface area contributed by atoms with E-state index in [9.17, 15) is 25.0 Å². The van der Waals surface area contributed by atoms with Crippen LogP contribution >= 0.6 is 23.2 Å². The lowest BCUT2D eigenvalue weighted by atomic mass is 10.1. The molecule has 0 unspecified atom stereocenters. The number of hydrogen-bond donors (Lipinski definition) is 0. The van der Waals surface area contributed by atoms with Gasteiger partial charge in [0.05, 0.1) is 21.5 Å². The molecule has 9 nitrogen and oxygen atoms in total. The molecule has 0 aliphatic rings. The van der Waals surface area contributed by atoms with E-state index in [-0.39, 0.29) is 6.54 Å². The van der Waals surface area contributed by atoms with E-state index < -0.39 is 42.7 Å². The van der Waals surface area contributed by atoms with E-state index in [1.807, 2.05) is 0 Å². The second-order valence-electron chi connectivity index (χ2n) is 3.75. The van der Waals surface area contributed by atoms with Gasteiger partial charge in [0.15, 0.2) is 5.02 Å². The van der Waals surface area contributed by atoms with Crippen molar-refractivity contribution in [2.24, 2.45) is 0 Å². The Morgan fingerprint density at radius 3 is 2.33 bits per heavy atom. The van der Waals surface area contributed by atoms with E-state index in [1.54, 1.807) is 6.07 Å². The fourth-order valence-corrected chi connectivity index (χ4v) is 2.08. The summed E-state index contributed by atoms with van der Waals surface area (Å²) in [6, 6.07) is 2.44. The standard InChI is InChI=1S/C10H6Cl2N4O5/c1-14(3-2-13)10(17)5-4-6(15(18)19)8(12)9(7(5)11)16(20)21/h4H,3H2,1H3. The normalized spacial score (nSPS) is 9.81. The number of carbonyl (C=O) groups is 1. The molecule has 0 atom stereocenters. The third kappa shape index (κ3) is 3.18. The summed E-state index contributed by atoms with van der Waals surface area (Å²) in [7, 11) is 1.24. The fourth-order valence-electron chi connectivity index (χ4n) is 1.44. The highest BCUT2D eigenvalue weighted by atomic mass is 35.5. The summed E-state index contributed by atoms with van der Waals surface area (Å²) in [4.78, 5) is 32.7. The second-order valence-corrected chi connectivity index (χ2v) is 4.51. The minimum Gasteiger partial charge on any atom is -0.328 e. The molecule has 0 heterocycles. The highest BCUT2D eigenvalue weighted by molar-refractivity contribution is 6.41. The molecule has 11 heteroatoms. The summed E-state index contributed by atoms with van der Waals surface area (Å²) in [5.74, 6) is -0.871. The Kier molecular flexibility index (Phi) is 5.02. The molecule has 0 spiro atoms. The maximum atomic E-state index is 12.0. The van der Waals surface area contributed by atoms with Crippen LogP contribution < -0.4 is 0 Å². The lowest BCUT2D eigenvalue weighted by Gasteiger charge is -2.14. The summed E-state index contributed by atoms with van der Waals surface area (Å²) < 4.78 is 0. The molecule has 1 amide bonds. The number of amides is 1. The summed E-state index contributed by atoms with van der Waals surface area (Å²) in [5, 5.41) is 28.9. The summed E-state index contributed by atoms with van der Waals surface area (Å²) >= 11 is 11.3. The molecule has 21 heavy (non-hydrogen) atoms. The lowest BCUT2D eigenvalue weighted by molar-refractivity contribution is -0.393. The van der Waals surface area contributed by atoms with E-state index >= 15 is 0 Å². The number of rotatable bonds is 4. The van der Waals surface area contributed by atoms with Gasteiger partial charge in [-0.15, -0.1) is 0 Å². The van der Waals surface area contributed by atoms with Gasteiger partial charge in [-0.1, -0.05) is 23.2 Å². The summed E-state index contributed by atoms with van der Waals surface area (Å²) in [6.07, 6.45) is 0. The van der Waals surface area contributed by atoms with Crippen LogP contribution in [-0.2, 0) is 0 Å². The van der Waals surface area contributed by atoms with Gasteiger partial charge in [0.25, 0.3) is 11.6 Å². The Hall–Kier alpha value is -2.44. The second kappa shape index (κ2) is 6.34. The molecule has 0 fully saturated rings. The Morgan fingerprint density at radius 2 is 1.90 bits per heavy atom. The third-order valence-electron chi connectivity index (χ3n) is 2.42. The van der Waals surface area contributed by atoms with Crippen LogP contribution in [0.5, 0.6) is 0 Å². The lowest BCUT2D eigenvalue weighted by Crippen LogP contribution is -2.27. The van der Waals surface area contributed by atoms with Crippen molar-refractivity contribution in [3.63, 3.8) is 0 Å². The van der Waals surface area contributed by atoms with Gasteiger partial charge in [0, 0.05) is 13.1 Å². The van der Waals surface area contributed by atoms with Gasteiger partial charge in [-0.25, -0.2) is 0 Å². The first-order valence-corrected chi connectivity index (χ1v) is 5.91. The van der Waals surface area contributed by atoms with Crippen molar-refractivity contribution < 1.29 is 14.6 Å². The van der Waals surface area contributed by atoms with Crippen molar-refractivity contribution in [2.45, 2.75) is 0 Å². The highest BCUT2D eigenvalue weighted by Gasteiger charge is 2.33. The molecule has 1 aromatic carbocycles. The SMILES string of the molecule is CN(CC#N)C(=O)c1cc([N+](=O)[O-])c(Cl)c([N+](=O)[O-])c1Cl. The minimum atomic E-state index is -1.02. The molecule has 0 aliphatic carbocycles. The zero-order valence-corrected chi connectivity index (χ0v) is 11.9. The van der Waals surface area contributed by atoms with Crippen LogP contribution in [0.1, 0.15) is 10.4 Å². The van der Waals surface area contributed by atoms with Gasteiger partial charge in [0.2, 0.25) is 0 Å². The largest absolute Gasteiger partial charge is 0.328 e. The summed E-state index contributed by atoms with van der Waals surface area (Å²) in [5.41, 5.74) is -2.22. The average molecular weight is 333 g/mol. The molecular formula is C10H6Cl2N4O5. The number of nitriles is 1. The number of halogens is 2. The van der Waals surface area contributed by atoms with Crippen LogP contribution in [0.25, 0.3) is 0 Å². The first-order valence-electron chi connectivity index (χ1n) is 5.15. The van der Waals surface area contributed by atoms with Crippen molar-refractivity contribution in [2.75, 3.05) is 13.6 Å². The predicted molar refractivity (Wildman–Crippen MR) is 72.3 cm³/mol. The van der Waals surface area contributed by atoms with E-state index in [2.05, 4.69) is 0 Å². The van der Waals surface area contributed by atoms with Gasteiger partial charge in [0.1, 0.15) is 11.6 Å². The topological polar surface area (TPSA) is 130 Å². The van der Waals surface area contributed by atoms with E-state index in [1.165, 1.54) is 7.05 Å². The monoisotopic (exact) mass is 332 g/mol. The zero-order valence-electron chi connectivity index (χ0n) is 10.4. The number of nitro benzene ring substituents is 2. The number of nitrogens with zero attached hydrogens (tertiary/aromatic N) is 4. The Labute approximate surface area is 127 Å². The van der Waals surface area contributed by atoms with E-state index in [0.717, 1.165) is 11.0 Å². The smallest absolute Gasteiger partial charge is 0.314 e. The van der Waals surface area contributed by atoms with E-state index in [4.69, 9.17) is 28.5 Å². The number of hydrogen-bond acceptors (Lipinski definition) is 6. The van der Waals surface area contributed by atoms with Gasteiger partial charge < -0.3 is 4.90 Å². The molecular weight excluding hydrogens is 327 g/mol. The van der Waals surface area contributed by atoms with Crippen LogP contribution in [0.3, 0.4) is 0 Å². The molecule has 0 aromatic heterocycles. The molecule has 110 valence electrons. The van der Waals surface area contributed by atoms with Crippen LogP contribution in [-0.4, -0.2) is 34.2 Å². The highest BCUT2D eigenvalue weighted by Crippen LogP contribution is 2.41. The predicted octanol–water partition coefficient (Wildman–Crippen LogP) is 2.41. The van der Waals surface area contributed by atoms with Crippen LogP contribution in [0.4, 0.5) is 11.4 Å². The van der Waals surface area contributed by atoms with E-state index in [0.29, 0.717) is 0 Å². The quantitative estimate of drug-likeness (QED) is 0.472. The van der Waals surface area contributed by atoms with Gasteiger partial charge in [-0.3, -0.25) is 25.0 Å². The summed E-state index contributed by atoms with van der Waals surface area (Å²) in [6.45, 7) is -0.320. The molecule has 0 saturated carbocycles. The molecule has 0 N–H and O–H groups in total. The third-order valence-corrected chi connectivity index (χ3v) is 3.18. The van der Waals surface area contributed by atoms with Crippen molar-refractivity contribution in [1.29, 1.82) is 5.26 Å². The van der Waals surface area contributed by atoms with Gasteiger partial charge in [-0.05, 0) is 0 Å². The number of carbonyl (C=O) groups excluding carboxylic acids is 1. The van der Waals surface area contributed by atoms with Crippen LogP contribution in [0, 0.1) is 31.6 Å². The van der Waals surface area contributed by atoms with Crippen molar-refractivity contribution in [3.05, 3.63) is 41.9 Å². The Balaban J connectivity index is 3.61. The average Bonchev–Trinajstić information content (AvgIpc) is 2.37. The number of nitro groups is 2. The fraction of sp³-hybridized carbons (Fsp3) is 0.200. The van der Waals surface area contributed by atoms with Crippen molar-refractivity contribution in [1.82, 2.24) is 4.90 Å².